The zero-order valence-corrected chi connectivity index (χ0v) is 15.5. The van der Waals surface area contributed by atoms with Crippen LogP contribution in [0.15, 0.2) is 41.3 Å². The smallest absolute Gasteiger partial charge is 0.224 e. The highest BCUT2D eigenvalue weighted by Crippen LogP contribution is 2.25. The van der Waals surface area contributed by atoms with E-state index in [2.05, 4.69) is 5.32 Å². The third kappa shape index (κ3) is 4.95. The molecule has 2 aromatic rings. The summed E-state index contributed by atoms with van der Waals surface area (Å²) >= 11 is 0. The van der Waals surface area contributed by atoms with Gasteiger partial charge in [-0.25, -0.2) is 12.8 Å². The normalized spacial score (nSPS) is 11.1. The van der Waals surface area contributed by atoms with Crippen molar-refractivity contribution in [1.82, 2.24) is 0 Å². The van der Waals surface area contributed by atoms with E-state index in [1.54, 1.807) is 18.2 Å². The van der Waals surface area contributed by atoms with E-state index in [0.29, 0.717) is 17.9 Å². The second kappa shape index (κ2) is 8.18. The van der Waals surface area contributed by atoms with Gasteiger partial charge in [0.1, 0.15) is 17.3 Å². The number of benzene rings is 2. The maximum Gasteiger partial charge on any atom is 0.224 e. The molecule has 2 aromatic carbocycles. The SMILES string of the molecule is COc1ccc(OC)c(CCC(=O)Nc2cc(S(C)(=O)=O)ccc2F)c1. The molecule has 0 saturated carbocycles. The lowest BCUT2D eigenvalue weighted by Gasteiger charge is -2.11. The fourth-order valence-electron chi connectivity index (χ4n) is 2.37. The Morgan fingerprint density at radius 2 is 1.85 bits per heavy atom. The Morgan fingerprint density at radius 3 is 2.46 bits per heavy atom. The van der Waals surface area contributed by atoms with Crippen LogP contribution in [0.25, 0.3) is 0 Å². The van der Waals surface area contributed by atoms with Gasteiger partial charge < -0.3 is 14.8 Å². The molecule has 1 N–H and O–H groups in total. The van der Waals surface area contributed by atoms with E-state index in [1.165, 1.54) is 14.2 Å². The Morgan fingerprint density at radius 1 is 1.12 bits per heavy atom. The molecule has 0 spiro atoms. The third-order valence-electron chi connectivity index (χ3n) is 3.75. The maximum atomic E-state index is 13.9. The predicted molar refractivity (Wildman–Crippen MR) is 96.0 cm³/mol. The molecule has 0 bridgehead atoms. The largest absolute Gasteiger partial charge is 0.497 e. The Hall–Kier alpha value is -2.61. The molecule has 0 aliphatic rings. The van der Waals surface area contributed by atoms with E-state index in [1.807, 2.05) is 0 Å². The molecule has 0 atom stereocenters. The standard InChI is InChI=1S/C18H20FNO5S/c1-24-13-5-8-17(25-2)12(10-13)4-9-18(21)20-16-11-14(26(3,22)23)6-7-15(16)19/h5-8,10-11H,4,9H2,1-3H3,(H,20,21). The lowest BCUT2D eigenvalue weighted by atomic mass is 10.1. The zero-order valence-electron chi connectivity index (χ0n) is 14.7. The quantitative estimate of drug-likeness (QED) is 0.746. The van der Waals surface area contributed by atoms with E-state index in [9.17, 15) is 17.6 Å². The number of hydrogen-bond donors (Lipinski definition) is 1. The van der Waals surface area contributed by atoms with Crippen LogP contribution in [0.2, 0.25) is 0 Å². The van der Waals surface area contributed by atoms with Gasteiger partial charge in [-0.05, 0) is 48.4 Å². The first kappa shape index (κ1) is 19.7. The number of carbonyl (C=O) groups excluding carboxylic acids is 1. The van der Waals surface area contributed by atoms with Crippen LogP contribution in [0.5, 0.6) is 11.5 Å². The van der Waals surface area contributed by atoms with Crippen molar-refractivity contribution in [2.75, 3.05) is 25.8 Å². The molecule has 0 fully saturated rings. The van der Waals surface area contributed by atoms with Crippen molar-refractivity contribution >= 4 is 21.4 Å². The number of rotatable bonds is 7. The van der Waals surface area contributed by atoms with Crippen molar-refractivity contribution in [2.24, 2.45) is 0 Å². The van der Waals surface area contributed by atoms with Crippen molar-refractivity contribution in [1.29, 1.82) is 0 Å². The first-order chi connectivity index (χ1) is 12.2. The minimum Gasteiger partial charge on any atom is -0.497 e. The van der Waals surface area contributed by atoms with Crippen LogP contribution in [-0.4, -0.2) is 34.8 Å². The molecule has 0 aromatic heterocycles. The fraction of sp³-hybridized carbons (Fsp3) is 0.278. The first-order valence-corrected chi connectivity index (χ1v) is 9.64. The highest BCUT2D eigenvalue weighted by Gasteiger charge is 2.14. The van der Waals surface area contributed by atoms with Gasteiger partial charge in [-0.15, -0.1) is 0 Å². The topological polar surface area (TPSA) is 81.7 Å². The van der Waals surface area contributed by atoms with Crippen LogP contribution in [0, 0.1) is 5.82 Å². The van der Waals surface area contributed by atoms with Crippen LogP contribution >= 0.6 is 0 Å². The van der Waals surface area contributed by atoms with Crippen LogP contribution < -0.4 is 14.8 Å². The van der Waals surface area contributed by atoms with E-state index in [0.717, 1.165) is 30.0 Å². The molecule has 140 valence electrons. The maximum absolute atomic E-state index is 13.9. The number of amides is 1. The van der Waals surface area contributed by atoms with Crippen LogP contribution in [0.4, 0.5) is 10.1 Å². The molecule has 0 heterocycles. The number of methoxy groups -OCH3 is 2. The number of carbonyl (C=O) groups is 1. The van der Waals surface area contributed by atoms with Gasteiger partial charge in [0.15, 0.2) is 9.84 Å². The van der Waals surface area contributed by atoms with Crippen molar-refractivity contribution in [2.45, 2.75) is 17.7 Å². The summed E-state index contributed by atoms with van der Waals surface area (Å²) in [6, 6.07) is 8.51. The summed E-state index contributed by atoms with van der Waals surface area (Å²) in [7, 11) is -0.435. The zero-order chi connectivity index (χ0) is 19.3. The number of anilines is 1. The van der Waals surface area contributed by atoms with Crippen LogP contribution in [0.1, 0.15) is 12.0 Å². The van der Waals surface area contributed by atoms with Crippen molar-refractivity contribution < 1.29 is 27.1 Å². The monoisotopic (exact) mass is 381 g/mol. The van der Waals surface area contributed by atoms with E-state index in [4.69, 9.17) is 9.47 Å². The van der Waals surface area contributed by atoms with Crippen molar-refractivity contribution in [3.63, 3.8) is 0 Å². The van der Waals surface area contributed by atoms with E-state index < -0.39 is 21.6 Å². The van der Waals surface area contributed by atoms with Crippen molar-refractivity contribution in [3.05, 3.63) is 47.8 Å². The van der Waals surface area contributed by atoms with Gasteiger partial charge in [-0.3, -0.25) is 4.79 Å². The fourth-order valence-corrected chi connectivity index (χ4v) is 3.02. The molecule has 26 heavy (non-hydrogen) atoms. The molecular formula is C18H20FNO5S. The third-order valence-corrected chi connectivity index (χ3v) is 4.86. The number of nitrogens with one attached hydrogen (secondary N) is 1. The minimum absolute atomic E-state index is 0.0616. The number of hydrogen-bond acceptors (Lipinski definition) is 5. The molecule has 0 radical (unpaired) electrons. The molecule has 2 rings (SSSR count). The Labute approximate surface area is 151 Å². The predicted octanol–water partition coefficient (Wildman–Crippen LogP) is 2.82. The molecule has 1 amide bonds. The van der Waals surface area contributed by atoms with Crippen molar-refractivity contribution in [3.8, 4) is 11.5 Å². The molecule has 0 aliphatic heterocycles. The van der Waals surface area contributed by atoms with Gasteiger partial charge in [0.05, 0.1) is 24.8 Å². The average Bonchev–Trinajstić information content (AvgIpc) is 2.60. The number of sulfone groups is 1. The molecule has 8 heteroatoms. The summed E-state index contributed by atoms with van der Waals surface area (Å²) in [5.74, 6) is 0.0982. The Balaban J connectivity index is 2.11. The molecule has 0 saturated heterocycles. The minimum atomic E-state index is -3.50. The molecule has 0 aliphatic carbocycles. The molecule has 0 unspecified atom stereocenters. The van der Waals surface area contributed by atoms with Crippen LogP contribution in [0.3, 0.4) is 0 Å². The van der Waals surface area contributed by atoms with E-state index >= 15 is 0 Å². The summed E-state index contributed by atoms with van der Waals surface area (Å²) in [6.07, 6.45) is 1.42. The summed E-state index contributed by atoms with van der Waals surface area (Å²) in [5, 5.41) is 2.41. The van der Waals surface area contributed by atoms with Gasteiger partial charge in [-0.1, -0.05) is 0 Å². The second-order valence-corrected chi connectivity index (χ2v) is 7.66. The Bertz CT molecular complexity index is 912. The summed E-state index contributed by atoms with van der Waals surface area (Å²) in [4.78, 5) is 12.1. The van der Waals surface area contributed by atoms with Gasteiger partial charge in [0, 0.05) is 12.7 Å². The first-order valence-electron chi connectivity index (χ1n) is 7.75. The second-order valence-electron chi connectivity index (χ2n) is 5.64. The highest BCUT2D eigenvalue weighted by atomic mass is 32.2. The number of halogens is 1. The summed E-state index contributed by atoms with van der Waals surface area (Å²) in [5.41, 5.74) is 0.600. The number of ether oxygens (including phenoxy) is 2. The van der Waals surface area contributed by atoms with Gasteiger partial charge >= 0.3 is 0 Å². The lowest BCUT2D eigenvalue weighted by Crippen LogP contribution is -2.14. The lowest BCUT2D eigenvalue weighted by molar-refractivity contribution is -0.116. The van der Waals surface area contributed by atoms with Gasteiger partial charge in [0.25, 0.3) is 0 Å². The van der Waals surface area contributed by atoms with Crippen LogP contribution in [-0.2, 0) is 21.1 Å². The number of aryl methyl sites for hydroxylation is 1. The highest BCUT2D eigenvalue weighted by molar-refractivity contribution is 7.90. The van der Waals surface area contributed by atoms with Gasteiger partial charge in [-0.2, -0.15) is 0 Å². The summed E-state index contributed by atoms with van der Waals surface area (Å²) in [6.45, 7) is 0. The average molecular weight is 381 g/mol. The molecule has 6 nitrogen and oxygen atoms in total. The molecular weight excluding hydrogens is 361 g/mol. The summed E-state index contributed by atoms with van der Waals surface area (Å²) < 4.78 is 47.4. The van der Waals surface area contributed by atoms with Gasteiger partial charge in [0.2, 0.25) is 5.91 Å². The Kier molecular flexibility index (Phi) is 6.20. The van der Waals surface area contributed by atoms with E-state index in [-0.39, 0.29) is 17.0 Å².